The first kappa shape index (κ1) is 9.47. The van der Waals surface area contributed by atoms with Crippen molar-refractivity contribution in [1.82, 2.24) is 0 Å². The van der Waals surface area contributed by atoms with E-state index < -0.39 is 6.79 Å². The van der Waals surface area contributed by atoms with Crippen LogP contribution in [0.25, 0.3) is 0 Å². The third kappa shape index (κ3) is 1.95. The van der Waals surface area contributed by atoms with Crippen molar-refractivity contribution >= 4 is 28.9 Å². The highest BCUT2D eigenvalue weighted by atomic mass is 127. The molecule has 0 heterocycles. The fourth-order valence-electron chi connectivity index (χ4n) is 0.835. The van der Waals surface area contributed by atoms with Crippen molar-refractivity contribution in [2.45, 2.75) is 0 Å². The van der Waals surface area contributed by atoms with Gasteiger partial charge in [-0.3, -0.25) is 4.79 Å². The lowest BCUT2D eigenvalue weighted by atomic mass is 10.2. The Morgan fingerprint density at radius 2 is 2.33 bits per heavy atom. The quantitative estimate of drug-likeness (QED) is 0.517. The van der Waals surface area contributed by atoms with Gasteiger partial charge in [0.05, 0.1) is 9.13 Å². The average molecular weight is 278 g/mol. The molecule has 0 radical (unpaired) electrons. The molecule has 1 N–H and O–H groups in total. The lowest BCUT2D eigenvalue weighted by molar-refractivity contribution is 0.0951. The molecule has 0 saturated carbocycles. The largest absolute Gasteiger partial charge is 0.466 e. The van der Waals surface area contributed by atoms with Gasteiger partial charge in [-0.05, 0) is 34.7 Å². The molecule has 0 aliphatic heterocycles. The summed E-state index contributed by atoms with van der Waals surface area (Å²) in [7, 11) is 0. The van der Waals surface area contributed by atoms with Crippen molar-refractivity contribution in [2.75, 3.05) is 6.79 Å². The normalized spacial score (nSPS) is 9.50. The van der Waals surface area contributed by atoms with Crippen LogP contribution in [-0.2, 0) is 0 Å². The number of hydrogen-bond donors (Lipinski definition) is 1. The van der Waals surface area contributed by atoms with Crippen LogP contribution in [0.15, 0.2) is 18.2 Å². The molecule has 4 heteroatoms. The van der Waals surface area contributed by atoms with Crippen LogP contribution in [0.3, 0.4) is 0 Å². The Hall–Kier alpha value is -0.620. The third-order valence-electron chi connectivity index (χ3n) is 1.33. The SMILES string of the molecule is O=Cc1cccc(I)c1OCO. The summed E-state index contributed by atoms with van der Waals surface area (Å²) in [5, 5.41) is 8.52. The maximum atomic E-state index is 10.5. The lowest BCUT2D eigenvalue weighted by Crippen LogP contribution is -1.99. The molecule has 0 spiro atoms. The predicted molar refractivity (Wildman–Crippen MR) is 52.3 cm³/mol. The highest BCUT2D eigenvalue weighted by molar-refractivity contribution is 14.1. The summed E-state index contributed by atoms with van der Waals surface area (Å²) in [5.41, 5.74) is 0.455. The Morgan fingerprint density at radius 1 is 1.58 bits per heavy atom. The molecular weight excluding hydrogens is 271 g/mol. The van der Waals surface area contributed by atoms with E-state index in [0.717, 1.165) is 3.57 Å². The van der Waals surface area contributed by atoms with Crippen LogP contribution >= 0.6 is 22.6 Å². The number of carbonyl (C=O) groups is 1. The first-order valence-electron chi connectivity index (χ1n) is 3.27. The minimum Gasteiger partial charge on any atom is -0.466 e. The van der Waals surface area contributed by atoms with Crippen molar-refractivity contribution in [3.05, 3.63) is 27.3 Å². The molecule has 3 nitrogen and oxygen atoms in total. The molecule has 0 amide bonds. The van der Waals surface area contributed by atoms with Crippen LogP contribution in [-0.4, -0.2) is 18.2 Å². The maximum Gasteiger partial charge on any atom is 0.186 e. The molecule has 64 valence electrons. The first-order chi connectivity index (χ1) is 5.79. The van der Waals surface area contributed by atoms with Gasteiger partial charge in [0.1, 0.15) is 5.75 Å². The minimum atomic E-state index is -0.416. The minimum absolute atomic E-state index is 0.416. The van der Waals surface area contributed by atoms with Crippen molar-refractivity contribution in [1.29, 1.82) is 0 Å². The van der Waals surface area contributed by atoms with Gasteiger partial charge in [0.2, 0.25) is 0 Å². The van der Waals surface area contributed by atoms with E-state index in [0.29, 0.717) is 17.6 Å². The van der Waals surface area contributed by atoms with Gasteiger partial charge in [0.25, 0.3) is 0 Å². The number of aliphatic hydroxyl groups excluding tert-OH is 1. The molecule has 1 rings (SSSR count). The van der Waals surface area contributed by atoms with Gasteiger partial charge < -0.3 is 9.84 Å². The van der Waals surface area contributed by atoms with Crippen molar-refractivity contribution < 1.29 is 14.6 Å². The van der Waals surface area contributed by atoms with Gasteiger partial charge in [-0.2, -0.15) is 0 Å². The number of para-hydroxylation sites is 1. The number of rotatable bonds is 3. The van der Waals surface area contributed by atoms with E-state index in [9.17, 15) is 4.79 Å². The molecule has 1 aromatic rings. The number of hydrogen-bond acceptors (Lipinski definition) is 3. The van der Waals surface area contributed by atoms with Gasteiger partial charge in [0, 0.05) is 0 Å². The summed E-state index contributed by atoms with van der Waals surface area (Å²) in [6.45, 7) is -0.416. The molecule has 0 aliphatic rings. The fraction of sp³-hybridized carbons (Fsp3) is 0.125. The Kier molecular flexibility index (Phi) is 3.48. The van der Waals surface area contributed by atoms with E-state index in [1.54, 1.807) is 18.2 Å². The maximum absolute atomic E-state index is 10.5. The topological polar surface area (TPSA) is 46.5 Å². The average Bonchev–Trinajstić information content (AvgIpc) is 2.09. The van der Waals surface area contributed by atoms with Gasteiger partial charge in [0.15, 0.2) is 13.1 Å². The lowest BCUT2D eigenvalue weighted by Gasteiger charge is -2.06. The second kappa shape index (κ2) is 4.42. The predicted octanol–water partition coefficient (Wildman–Crippen LogP) is 1.43. The Balaban J connectivity index is 3.10. The van der Waals surface area contributed by atoms with Crippen molar-refractivity contribution in [2.24, 2.45) is 0 Å². The van der Waals surface area contributed by atoms with Crippen LogP contribution in [0.1, 0.15) is 10.4 Å². The summed E-state index contributed by atoms with van der Waals surface area (Å²) in [6.07, 6.45) is 0.702. The van der Waals surface area contributed by atoms with Gasteiger partial charge in [-0.25, -0.2) is 0 Å². The smallest absolute Gasteiger partial charge is 0.186 e. The van der Waals surface area contributed by atoms with E-state index >= 15 is 0 Å². The molecule has 0 fully saturated rings. The highest BCUT2D eigenvalue weighted by Crippen LogP contribution is 2.23. The summed E-state index contributed by atoms with van der Waals surface area (Å²) in [4.78, 5) is 10.5. The Morgan fingerprint density at radius 3 is 2.92 bits per heavy atom. The zero-order chi connectivity index (χ0) is 8.97. The Bertz CT molecular complexity index is 286. The second-order valence-corrected chi connectivity index (χ2v) is 3.21. The molecule has 0 aromatic heterocycles. The number of halogens is 1. The van der Waals surface area contributed by atoms with Crippen molar-refractivity contribution in [3.8, 4) is 5.75 Å². The molecule has 0 saturated heterocycles. The zero-order valence-electron chi connectivity index (χ0n) is 6.16. The molecule has 0 atom stereocenters. The van der Waals surface area contributed by atoms with E-state index in [1.165, 1.54) is 0 Å². The zero-order valence-corrected chi connectivity index (χ0v) is 8.32. The molecule has 12 heavy (non-hydrogen) atoms. The highest BCUT2D eigenvalue weighted by Gasteiger charge is 2.05. The van der Waals surface area contributed by atoms with Crippen LogP contribution in [0.5, 0.6) is 5.75 Å². The molecule has 0 unspecified atom stereocenters. The first-order valence-corrected chi connectivity index (χ1v) is 4.35. The van der Waals surface area contributed by atoms with Crippen LogP contribution < -0.4 is 4.74 Å². The summed E-state index contributed by atoms with van der Waals surface area (Å²) in [6, 6.07) is 5.20. The Labute approximate surface area is 83.5 Å². The van der Waals surface area contributed by atoms with E-state index in [4.69, 9.17) is 9.84 Å². The summed E-state index contributed by atoms with van der Waals surface area (Å²) >= 11 is 2.04. The van der Waals surface area contributed by atoms with E-state index in [1.807, 2.05) is 22.6 Å². The molecule has 0 aliphatic carbocycles. The molecule has 1 aromatic carbocycles. The molecular formula is C8H7IO3. The summed E-state index contributed by atoms with van der Waals surface area (Å²) in [5.74, 6) is 0.440. The third-order valence-corrected chi connectivity index (χ3v) is 2.18. The van der Waals surface area contributed by atoms with Gasteiger partial charge in [-0.1, -0.05) is 6.07 Å². The van der Waals surface area contributed by atoms with Crippen molar-refractivity contribution in [3.63, 3.8) is 0 Å². The second-order valence-electron chi connectivity index (χ2n) is 2.05. The number of carbonyl (C=O) groups excluding carboxylic acids is 1. The van der Waals surface area contributed by atoms with Gasteiger partial charge in [-0.15, -0.1) is 0 Å². The number of aldehydes is 1. The number of benzene rings is 1. The monoisotopic (exact) mass is 278 g/mol. The number of aliphatic hydroxyl groups is 1. The van der Waals surface area contributed by atoms with Crippen LogP contribution in [0.4, 0.5) is 0 Å². The standard InChI is InChI=1S/C8H7IO3/c9-7-3-1-2-6(4-10)8(7)12-5-11/h1-4,11H,5H2. The number of ether oxygens (including phenoxy) is 1. The molecule has 0 bridgehead atoms. The van der Waals surface area contributed by atoms with E-state index in [-0.39, 0.29) is 0 Å². The van der Waals surface area contributed by atoms with E-state index in [2.05, 4.69) is 0 Å². The van der Waals surface area contributed by atoms with Crippen LogP contribution in [0, 0.1) is 3.57 Å². The van der Waals surface area contributed by atoms with Crippen LogP contribution in [0.2, 0.25) is 0 Å². The summed E-state index contributed by atoms with van der Waals surface area (Å²) < 4.78 is 5.69. The fourth-order valence-corrected chi connectivity index (χ4v) is 1.51. The van der Waals surface area contributed by atoms with Gasteiger partial charge >= 0.3 is 0 Å².